The number of nitrogens with zero attached hydrogens (tertiary/aromatic N) is 4. The first kappa shape index (κ1) is 19.1. The van der Waals surface area contributed by atoms with E-state index >= 15 is 0 Å². The highest BCUT2D eigenvalue weighted by atomic mass is 32.1. The Morgan fingerprint density at radius 1 is 1.37 bits per heavy atom. The summed E-state index contributed by atoms with van der Waals surface area (Å²) in [7, 11) is 1.93. The summed E-state index contributed by atoms with van der Waals surface area (Å²) >= 11 is 1.59. The van der Waals surface area contributed by atoms with Gasteiger partial charge in [-0.3, -0.25) is 4.40 Å². The van der Waals surface area contributed by atoms with Gasteiger partial charge in [0.2, 0.25) is 0 Å². The number of guanidine groups is 1. The molecule has 1 N–H and O–H groups in total. The van der Waals surface area contributed by atoms with Crippen LogP contribution >= 0.6 is 11.3 Å². The molecule has 6 nitrogen and oxygen atoms in total. The van der Waals surface area contributed by atoms with Crippen LogP contribution in [0.5, 0.6) is 5.75 Å². The number of thiazole rings is 1. The van der Waals surface area contributed by atoms with Crippen molar-refractivity contribution in [2.45, 2.75) is 26.6 Å². The van der Waals surface area contributed by atoms with Crippen molar-refractivity contribution in [3.05, 3.63) is 53.3 Å². The predicted octanol–water partition coefficient (Wildman–Crippen LogP) is 3.59. The second-order valence-electron chi connectivity index (χ2n) is 5.87. The molecule has 1 aromatic carbocycles. The fraction of sp³-hybridized carbons (Fsp3) is 0.333. The van der Waals surface area contributed by atoms with Crippen molar-refractivity contribution in [3.63, 3.8) is 0 Å². The molecule has 27 heavy (non-hydrogen) atoms. The molecule has 9 heteroatoms. The van der Waals surface area contributed by atoms with Gasteiger partial charge >= 0.3 is 6.61 Å². The lowest BCUT2D eigenvalue weighted by Crippen LogP contribution is -2.38. The van der Waals surface area contributed by atoms with E-state index in [0.29, 0.717) is 13.1 Å². The van der Waals surface area contributed by atoms with Crippen molar-refractivity contribution < 1.29 is 13.5 Å². The summed E-state index contributed by atoms with van der Waals surface area (Å²) in [5.41, 5.74) is 1.87. The van der Waals surface area contributed by atoms with Gasteiger partial charge in [0.25, 0.3) is 0 Å². The summed E-state index contributed by atoms with van der Waals surface area (Å²) in [5.74, 6) is 0.901. The van der Waals surface area contributed by atoms with E-state index in [2.05, 4.69) is 20.0 Å². The van der Waals surface area contributed by atoms with Gasteiger partial charge in [0.1, 0.15) is 5.75 Å². The van der Waals surface area contributed by atoms with Gasteiger partial charge in [0, 0.05) is 37.9 Å². The fourth-order valence-electron chi connectivity index (χ4n) is 2.60. The van der Waals surface area contributed by atoms with Gasteiger partial charge in [-0.1, -0.05) is 12.1 Å². The Labute approximate surface area is 160 Å². The first-order valence-electron chi connectivity index (χ1n) is 8.49. The van der Waals surface area contributed by atoms with Crippen LogP contribution in [0.4, 0.5) is 8.78 Å². The van der Waals surface area contributed by atoms with Gasteiger partial charge in [-0.2, -0.15) is 8.78 Å². The largest absolute Gasteiger partial charge is 0.435 e. The van der Waals surface area contributed by atoms with Crippen LogP contribution in [0.1, 0.15) is 18.2 Å². The molecule has 3 aromatic rings. The molecule has 0 aliphatic heterocycles. The standard InChI is InChI=1S/C18H21F2N5OS/c1-3-21-17(22-10-14-12-25-8-9-27-18(25)23-14)24(2)11-13-4-6-15(7-5-13)26-16(19)20/h4-9,12,16H,3,10-11H2,1-2H3,(H,21,22). The van der Waals surface area contributed by atoms with Crippen LogP contribution in [0.15, 0.2) is 47.0 Å². The van der Waals surface area contributed by atoms with Crippen LogP contribution in [0.2, 0.25) is 0 Å². The average molecular weight is 393 g/mol. The minimum atomic E-state index is -2.82. The van der Waals surface area contributed by atoms with Crippen molar-refractivity contribution >= 4 is 22.3 Å². The molecule has 0 radical (unpaired) electrons. The van der Waals surface area contributed by atoms with Gasteiger partial charge in [-0.25, -0.2) is 9.98 Å². The van der Waals surface area contributed by atoms with E-state index in [0.717, 1.165) is 28.7 Å². The number of aromatic nitrogens is 2. The van der Waals surface area contributed by atoms with Crippen LogP contribution in [-0.2, 0) is 13.1 Å². The number of rotatable bonds is 7. The van der Waals surface area contributed by atoms with Gasteiger partial charge < -0.3 is 15.0 Å². The number of aliphatic imine (C=N–C) groups is 1. The van der Waals surface area contributed by atoms with Gasteiger partial charge in [0.15, 0.2) is 10.9 Å². The van der Waals surface area contributed by atoms with Gasteiger partial charge in [0.05, 0.1) is 12.2 Å². The van der Waals surface area contributed by atoms with Crippen LogP contribution in [0.3, 0.4) is 0 Å². The highest BCUT2D eigenvalue weighted by molar-refractivity contribution is 7.15. The zero-order chi connectivity index (χ0) is 19.2. The molecule has 0 saturated heterocycles. The molecule has 0 aliphatic carbocycles. The quantitative estimate of drug-likeness (QED) is 0.492. The van der Waals surface area contributed by atoms with Crippen LogP contribution < -0.4 is 10.1 Å². The predicted molar refractivity (Wildman–Crippen MR) is 102 cm³/mol. The molecule has 2 heterocycles. The van der Waals surface area contributed by atoms with E-state index in [-0.39, 0.29) is 5.75 Å². The first-order valence-corrected chi connectivity index (χ1v) is 9.37. The fourth-order valence-corrected chi connectivity index (χ4v) is 3.32. The number of nitrogens with one attached hydrogen (secondary N) is 1. The zero-order valence-corrected chi connectivity index (χ0v) is 15.9. The Balaban J connectivity index is 1.65. The van der Waals surface area contributed by atoms with Crippen molar-refractivity contribution in [1.29, 1.82) is 0 Å². The number of alkyl halides is 2. The molecule has 3 rings (SSSR count). The summed E-state index contributed by atoms with van der Waals surface area (Å²) in [6.45, 7) is 0.986. The zero-order valence-electron chi connectivity index (χ0n) is 15.1. The summed E-state index contributed by atoms with van der Waals surface area (Å²) in [6.07, 6.45) is 3.94. The Bertz CT molecular complexity index is 862. The molecule has 144 valence electrons. The second-order valence-corrected chi connectivity index (χ2v) is 6.75. The minimum absolute atomic E-state index is 0.150. The van der Waals surface area contributed by atoms with Crippen molar-refractivity contribution in [3.8, 4) is 5.75 Å². The number of imidazole rings is 1. The van der Waals surface area contributed by atoms with E-state index in [1.807, 2.05) is 41.0 Å². The van der Waals surface area contributed by atoms with E-state index in [1.54, 1.807) is 23.5 Å². The molecule has 0 unspecified atom stereocenters. The van der Waals surface area contributed by atoms with Crippen LogP contribution in [0.25, 0.3) is 4.96 Å². The maximum Gasteiger partial charge on any atom is 0.387 e. The number of ether oxygens (including phenoxy) is 1. The average Bonchev–Trinajstić information content (AvgIpc) is 3.21. The Hall–Kier alpha value is -2.68. The van der Waals surface area contributed by atoms with Crippen molar-refractivity contribution in [1.82, 2.24) is 19.6 Å². The molecule has 0 aliphatic rings. The maximum absolute atomic E-state index is 12.2. The van der Waals surface area contributed by atoms with Gasteiger partial charge in [-0.15, -0.1) is 11.3 Å². The smallest absolute Gasteiger partial charge is 0.387 e. The number of hydrogen-bond donors (Lipinski definition) is 1. The normalized spacial score (nSPS) is 12.0. The van der Waals surface area contributed by atoms with E-state index in [4.69, 9.17) is 0 Å². The second kappa shape index (κ2) is 8.81. The Morgan fingerprint density at radius 3 is 2.81 bits per heavy atom. The minimum Gasteiger partial charge on any atom is -0.435 e. The monoisotopic (exact) mass is 393 g/mol. The third-order valence-electron chi connectivity index (χ3n) is 3.80. The molecule has 0 spiro atoms. The topological polar surface area (TPSA) is 54.2 Å². The summed E-state index contributed by atoms with van der Waals surface area (Å²) in [6, 6.07) is 6.61. The van der Waals surface area contributed by atoms with Crippen molar-refractivity contribution in [2.24, 2.45) is 4.99 Å². The lowest BCUT2D eigenvalue weighted by molar-refractivity contribution is -0.0498. The SMILES string of the molecule is CCNC(=NCc1cn2ccsc2n1)N(C)Cc1ccc(OC(F)F)cc1. The molecule has 2 aromatic heterocycles. The number of hydrogen-bond acceptors (Lipinski definition) is 4. The summed E-state index contributed by atoms with van der Waals surface area (Å²) in [4.78, 5) is 12.1. The van der Waals surface area contributed by atoms with E-state index in [1.165, 1.54) is 12.1 Å². The first-order chi connectivity index (χ1) is 13.0. The third kappa shape index (κ3) is 5.16. The lowest BCUT2D eigenvalue weighted by atomic mass is 10.2. The number of fused-ring (bicyclic) bond motifs is 1. The molecule has 0 fully saturated rings. The summed E-state index contributed by atoms with van der Waals surface area (Å²) in [5, 5.41) is 5.25. The molecule has 0 saturated carbocycles. The molecule has 0 atom stereocenters. The maximum atomic E-state index is 12.2. The molecular formula is C18H21F2N5OS. The third-order valence-corrected chi connectivity index (χ3v) is 4.57. The highest BCUT2D eigenvalue weighted by Crippen LogP contribution is 2.16. The van der Waals surface area contributed by atoms with Crippen LogP contribution in [-0.4, -0.2) is 40.4 Å². The number of halogens is 2. The van der Waals surface area contributed by atoms with Gasteiger partial charge in [-0.05, 0) is 24.6 Å². The molecule has 0 amide bonds. The van der Waals surface area contributed by atoms with Crippen molar-refractivity contribution in [2.75, 3.05) is 13.6 Å². The highest BCUT2D eigenvalue weighted by Gasteiger charge is 2.09. The number of benzene rings is 1. The lowest BCUT2D eigenvalue weighted by Gasteiger charge is -2.22. The Morgan fingerprint density at radius 2 is 2.15 bits per heavy atom. The molecular weight excluding hydrogens is 372 g/mol. The van der Waals surface area contributed by atoms with E-state index < -0.39 is 6.61 Å². The molecule has 0 bridgehead atoms. The summed E-state index contributed by atoms with van der Waals surface area (Å²) < 4.78 is 30.8. The van der Waals surface area contributed by atoms with Crippen LogP contribution in [0, 0.1) is 0 Å². The van der Waals surface area contributed by atoms with E-state index in [9.17, 15) is 8.78 Å². The Kier molecular flexibility index (Phi) is 6.23.